The predicted octanol–water partition coefficient (Wildman–Crippen LogP) is 4.92. The molecule has 0 aliphatic carbocycles. The van der Waals surface area contributed by atoms with E-state index in [2.05, 4.69) is 16.7 Å². The van der Waals surface area contributed by atoms with Gasteiger partial charge in [0.15, 0.2) is 0 Å². The Kier molecular flexibility index (Phi) is 6.47. The van der Waals surface area contributed by atoms with Gasteiger partial charge in [-0.25, -0.2) is 0 Å². The Hall–Kier alpha value is -3.80. The second-order valence-corrected chi connectivity index (χ2v) is 6.68. The molecule has 0 aromatic heterocycles. The fraction of sp³-hybridized carbons (Fsp3) is 0.0870. The summed E-state index contributed by atoms with van der Waals surface area (Å²) in [6.07, 6.45) is 0. The van der Waals surface area contributed by atoms with Gasteiger partial charge in [0, 0.05) is 10.7 Å². The molecule has 1 atom stereocenters. The Labute approximate surface area is 174 Å². The van der Waals surface area contributed by atoms with Crippen LogP contribution in [0.2, 0.25) is 5.02 Å². The van der Waals surface area contributed by atoms with E-state index in [1.54, 1.807) is 42.5 Å². The second-order valence-electron chi connectivity index (χ2n) is 6.27. The van der Waals surface area contributed by atoms with E-state index < -0.39 is 5.92 Å². The van der Waals surface area contributed by atoms with E-state index in [1.807, 2.05) is 36.4 Å². The van der Waals surface area contributed by atoms with Gasteiger partial charge in [0.1, 0.15) is 6.07 Å². The van der Waals surface area contributed by atoms with Crippen molar-refractivity contribution in [2.24, 2.45) is 0 Å². The van der Waals surface area contributed by atoms with Gasteiger partial charge in [-0.2, -0.15) is 10.5 Å². The summed E-state index contributed by atoms with van der Waals surface area (Å²) in [7, 11) is 0. The minimum atomic E-state index is -0.469. The molecule has 0 saturated heterocycles. The highest BCUT2D eigenvalue weighted by molar-refractivity contribution is 6.31. The molecule has 142 valence electrons. The molecule has 5 nitrogen and oxygen atoms in total. The number of nitrogens with one attached hydrogen (secondary N) is 2. The zero-order valence-corrected chi connectivity index (χ0v) is 16.1. The second kappa shape index (κ2) is 9.41. The third-order valence-corrected chi connectivity index (χ3v) is 4.68. The van der Waals surface area contributed by atoms with E-state index in [9.17, 15) is 10.1 Å². The number of rotatable bonds is 6. The quantitative estimate of drug-likeness (QED) is 0.614. The summed E-state index contributed by atoms with van der Waals surface area (Å²) in [5.74, 6) is -0.754. The van der Waals surface area contributed by atoms with Crippen molar-refractivity contribution >= 4 is 28.9 Å². The number of carbonyl (C=O) groups excluding carboxylic acids is 1. The average molecular weight is 401 g/mol. The molecule has 0 saturated carbocycles. The molecule has 29 heavy (non-hydrogen) atoms. The van der Waals surface area contributed by atoms with Crippen molar-refractivity contribution < 1.29 is 4.79 Å². The topological polar surface area (TPSA) is 88.7 Å². The van der Waals surface area contributed by atoms with Gasteiger partial charge in [-0.05, 0) is 35.4 Å². The molecule has 3 aromatic rings. The minimum Gasteiger partial charge on any atom is -0.376 e. The average Bonchev–Trinajstić information content (AvgIpc) is 2.75. The first-order valence-corrected chi connectivity index (χ1v) is 9.27. The molecular weight excluding hydrogens is 384 g/mol. The van der Waals surface area contributed by atoms with Crippen LogP contribution in [0.15, 0.2) is 72.8 Å². The maximum atomic E-state index is 12.2. The summed E-state index contributed by atoms with van der Waals surface area (Å²) in [5, 5.41) is 24.8. The van der Waals surface area contributed by atoms with Crippen molar-refractivity contribution in [3.05, 3.63) is 94.5 Å². The zero-order valence-electron chi connectivity index (χ0n) is 15.4. The summed E-state index contributed by atoms with van der Waals surface area (Å²) in [5.41, 5.74) is 3.10. The van der Waals surface area contributed by atoms with Crippen molar-refractivity contribution in [3.8, 4) is 12.1 Å². The molecule has 0 spiro atoms. The molecule has 0 fully saturated rings. The van der Waals surface area contributed by atoms with Crippen LogP contribution < -0.4 is 10.6 Å². The predicted molar refractivity (Wildman–Crippen MR) is 114 cm³/mol. The molecule has 0 unspecified atom stereocenters. The van der Waals surface area contributed by atoms with E-state index in [0.717, 1.165) is 5.56 Å². The van der Waals surface area contributed by atoms with Crippen molar-refractivity contribution in [1.82, 2.24) is 0 Å². The number of benzene rings is 3. The van der Waals surface area contributed by atoms with Crippen LogP contribution in [0.4, 0.5) is 11.4 Å². The number of amides is 1. The summed E-state index contributed by atoms with van der Waals surface area (Å²) >= 11 is 6.41. The van der Waals surface area contributed by atoms with Gasteiger partial charge >= 0.3 is 0 Å². The first-order chi connectivity index (χ1) is 14.1. The van der Waals surface area contributed by atoms with E-state index >= 15 is 0 Å². The number of hydrogen-bond donors (Lipinski definition) is 2. The number of nitriles is 2. The van der Waals surface area contributed by atoms with E-state index in [4.69, 9.17) is 16.9 Å². The Morgan fingerprint density at radius 2 is 1.72 bits per heavy atom. The van der Waals surface area contributed by atoms with Crippen molar-refractivity contribution in [2.75, 3.05) is 17.2 Å². The first kappa shape index (κ1) is 19.9. The van der Waals surface area contributed by atoms with Crippen LogP contribution in [0, 0.1) is 22.7 Å². The third-order valence-electron chi connectivity index (χ3n) is 4.35. The lowest BCUT2D eigenvalue weighted by molar-refractivity contribution is -0.114. The van der Waals surface area contributed by atoms with Gasteiger partial charge in [0.05, 0.1) is 29.8 Å². The van der Waals surface area contributed by atoms with Gasteiger partial charge in [-0.1, -0.05) is 60.1 Å². The van der Waals surface area contributed by atoms with Crippen molar-refractivity contribution in [3.63, 3.8) is 0 Å². The normalized spacial score (nSPS) is 11.0. The van der Waals surface area contributed by atoms with Crippen LogP contribution in [0.1, 0.15) is 22.6 Å². The first-order valence-electron chi connectivity index (χ1n) is 8.89. The number of halogens is 1. The molecule has 2 N–H and O–H groups in total. The number of hydrogen-bond acceptors (Lipinski definition) is 4. The molecular formula is C23H17ClN4O. The minimum absolute atomic E-state index is 0.00972. The van der Waals surface area contributed by atoms with Gasteiger partial charge in [-0.15, -0.1) is 0 Å². The Balaban J connectivity index is 1.67. The summed E-state index contributed by atoms with van der Waals surface area (Å²) < 4.78 is 0. The molecule has 0 bridgehead atoms. The smallest absolute Gasteiger partial charge is 0.243 e. The molecule has 6 heteroatoms. The van der Waals surface area contributed by atoms with Crippen LogP contribution in [-0.2, 0) is 4.79 Å². The largest absolute Gasteiger partial charge is 0.376 e. The van der Waals surface area contributed by atoms with E-state index in [-0.39, 0.29) is 12.5 Å². The van der Waals surface area contributed by atoms with Crippen LogP contribution in [0.5, 0.6) is 0 Å². The monoisotopic (exact) mass is 400 g/mol. The summed E-state index contributed by atoms with van der Waals surface area (Å²) in [4.78, 5) is 12.2. The lowest BCUT2D eigenvalue weighted by atomic mass is 9.92. The number of carbonyl (C=O) groups is 1. The fourth-order valence-electron chi connectivity index (χ4n) is 2.91. The molecule has 0 aliphatic heterocycles. The number of nitrogens with zero attached hydrogens (tertiary/aromatic N) is 2. The lowest BCUT2D eigenvalue weighted by Crippen LogP contribution is -2.22. The van der Waals surface area contributed by atoms with E-state index in [0.29, 0.717) is 27.5 Å². The zero-order chi connectivity index (χ0) is 20.6. The number of anilines is 2. The van der Waals surface area contributed by atoms with Gasteiger partial charge in [-0.3, -0.25) is 4.79 Å². The van der Waals surface area contributed by atoms with Crippen molar-refractivity contribution in [2.45, 2.75) is 5.92 Å². The number of para-hydroxylation sites is 1. The molecule has 1 amide bonds. The van der Waals surface area contributed by atoms with E-state index in [1.165, 1.54) is 0 Å². The van der Waals surface area contributed by atoms with Gasteiger partial charge in [0.2, 0.25) is 5.91 Å². The van der Waals surface area contributed by atoms with Crippen LogP contribution >= 0.6 is 11.6 Å². The molecule has 3 aromatic carbocycles. The fourth-order valence-corrected chi connectivity index (χ4v) is 3.20. The molecule has 0 radical (unpaired) electrons. The van der Waals surface area contributed by atoms with Crippen LogP contribution in [0.3, 0.4) is 0 Å². The lowest BCUT2D eigenvalue weighted by Gasteiger charge is -2.14. The van der Waals surface area contributed by atoms with Gasteiger partial charge < -0.3 is 10.6 Å². The highest BCUT2D eigenvalue weighted by Gasteiger charge is 2.17. The standard InChI is InChI=1S/C23H17ClN4O/c24-21-12-18(10-11-19(21)20(14-26)16-6-2-1-3-7-16)27-15-23(29)28-22-9-5-4-8-17(22)13-25/h1-12,20,27H,15H2,(H,28,29)/t20-/m1/s1. The highest BCUT2D eigenvalue weighted by Crippen LogP contribution is 2.31. The highest BCUT2D eigenvalue weighted by atomic mass is 35.5. The third kappa shape index (κ3) is 4.93. The summed E-state index contributed by atoms with van der Waals surface area (Å²) in [6, 6.07) is 25.8. The molecule has 0 aliphatic rings. The maximum absolute atomic E-state index is 12.2. The summed E-state index contributed by atoms with van der Waals surface area (Å²) in [6.45, 7) is 0.00972. The Morgan fingerprint density at radius 3 is 2.41 bits per heavy atom. The van der Waals surface area contributed by atoms with Crippen molar-refractivity contribution in [1.29, 1.82) is 10.5 Å². The maximum Gasteiger partial charge on any atom is 0.243 e. The van der Waals surface area contributed by atoms with Gasteiger partial charge in [0.25, 0.3) is 0 Å². The Bertz CT molecular complexity index is 1100. The Morgan fingerprint density at radius 1 is 1.00 bits per heavy atom. The molecule has 3 rings (SSSR count). The van der Waals surface area contributed by atoms with Crippen LogP contribution in [-0.4, -0.2) is 12.5 Å². The SMILES string of the molecule is N#Cc1ccccc1NC(=O)CNc1ccc([C@H](C#N)c2ccccc2)c(Cl)c1. The van der Waals surface area contributed by atoms with Crippen LogP contribution in [0.25, 0.3) is 0 Å². The molecule has 0 heterocycles.